The Morgan fingerprint density at radius 2 is 2.47 bits per heavy atom. The van der Waals surface area contributed by atoms with E-state index in [-0.39, 0.29) is 5.91 Å². The molecule has 0 aromatic carbocycles. The Morgan fingerprint density at radius 3 is 3.16 bits per heavy atom. The van der Waals surface area contributed by atoms with Crippen LogP contribution in [0.1, 0.15) is 42.4 Å². The minimum atomic E-state index is -0.207. The van der Waals surface area contributed by atoms with Gasteiger partial charge in [0.2, 0.25) is 0 Å². The topological polar surface area (TPSA) is 93.0 Å². The summed E-state index contributed by atoms with van der Waals surface area (Å²) in [6, 6.07) is 0. The number of ether oxygens (including phenoxy) is 1. The SMILES string of the molecule is CCCc1[nH]nc(C(=O)NCC2CCCOC2)c1N. The third-order valence-corrected chi connectivity index (χ3v) is 3.40. The number of hydrogen-bond donors (Lipinski definition) is 3. The monoisotopic (exact) mass is 266 g/mol. The van der Waals surface area contributed by atoms with Gasteiger partial charge in [-0.15, -0.1) is 0 Å². The molecule has 1 atom stereocenters. The van der Waals surface area contributed by atoms with Crippen LogP contribution in [-0.4, -0.2) is 35.9 Å². The predicted octanol–water partition coefficient (Wildman–Crippen LogP) is 1.10. The zero-order chi connectivity index (χ0) is 13.7. The fraction of sp³-hybridized carbons (Fsp3) is 0.692. The molecule has 106 valence electrons. The first-order valence-electron chi connectivity index (χ1n) is 6.91. The molecule has 1 saturated heterocycles. The number of nitrogens with one attached hydrogen (secondary N) is 2. The number of H-pyrrole nitrogens is 1. The maximum atomic E-state index is 12.0. The molecule has 0 saturated carbocycles. The van der Waals surface area contributed by atoms with Gasteiger partial charge in [0.15, 0.2) is 5.69 Å². The van der Waals surface area contributed by atoms with Gasteiger partial charge in [-0.3, -0.25) is 9.89 Å². The summed E-state index contributed by atoms with van der Waals surface area (Å²) in [4.78, 5) is 12.0. The second-order valence-corrected chi connectivity index (χ2v) is 5.01. The summed E-state index contributed by atoms with van der Waals surface area (Å²) in [6.45, 7) is 4.23. The third kappa shape index (κ3) is 3.47. The zero-order valence-corrected chi connectivity index (χ0v) is 11.4. The maximum Gasteiger partial charge on any atom is 0.273 e. The molecule has 0 radical (unpaired) electrons. The summed E-state index contributed by atoms with van der Waals surface area (Å²) in [6.07, 6.45) is 3.93. The lowest BCUT2D eigenvalue weighted by Gasteiger charge is -2.21. The van der Waals surface area contributed by atoms with Crippen LogP contribution < -0.4 is 11.1 Å². The summed E-state index contributed by atoms with van der Waals surface area (Å²) < 4.78 is 5.38. The molecule has 1 aliphatic rings. The van der Waals surface area contributed by atoms with Crippen molar-refractivity contribution in [2.45, 2.75) is 32.6 Å². The smallest absolute Gasteiger partial charge is 0.273 e. The van der Waals surface area contributed by atoms with Crippen LogP contribution in [0.25, 0.3) is 0 Å². The van der Waals surface area contributed by atoms with E-state index >= 15 is 0 Å². The van der Waals surface area contributed by atoms with E-state index < -0.39 is 0 Å². The maximum absolute atomic E-state index is 12.0. The van der Waals surface area contributed by atoms with E-state index in [0.29, 0.717) is 23.8 Å². The minimum Gasteiger partial charge on any atom is -0.395 e. The second kappa shape index (κ2) is 6.56. The van der Waals surface area contributed by atoms with Crippen LogP contribution in [0.3, 0.4) is 0 Å². The number of anilines is 1. The van der Waals surface area contributed by atoms with Crippen LogP contribution >= 0.6 is 0 Å². The van der Waals surface area contributed by atoms with Gasteiger partial charge in [-0.2, -0.15) is 5.10 Å². The van der Waals surface area contributed by atoms with E-state index in [1.807, 2.05) is 0 Å². The molecule has 4 N–H and O–H groups in total. The highest BCUT2D eigenvalue weighted by Gasteiger charge is 2.19. The van der Waals surface area contributed by atoms with Crippen molar-refractivity contribution >= 4 is 11.6 Å². The van der Waals surface area contributed by atoms with E-state index in [1.165, 1.54) is 0 Å². The summed E-state index contributed by atoms with van der Waals surface area (Å²) in [5.41, 5.74) is 7.54. The number of hydrogen-bond acceptors (Lipinski definition) is 4. The Morgan fingerprint density at radius 1 is 1.63 bits per heavy atom. The van der Waals surface area contributed by atoms with E-state index in [0.717, 1.165) is 44.6 Å². The number of aryl methyl sites for hydroxylation is 1. The largest absolute Gasteiger partial charge is 0.395 e. The summed E-state index contributed by atoms with van der Waals surface area (Å²) in [7, 11) is 0. The number of nitrogens with two attached hydrogens (primary N) is 1. The highest BCUT2D eigenvalue weighted by atomic mass is 16.5. The lowest BCUT2D eigenvalue weighted by Crippen LogP contribution is -2.33. The average Bonchev–Trinajstić information content (AvgIpc) is 2.79. The van der Waals surface area contributed by atoms with Crippen molar-refractivity contribution in [2.24, 2.45) is 5.92 Å². The van der Waals surface area contributed by atoms with Crippen molar-refractivity contribution in [1.82, 2.24) is 15.5 Å². The molecule has 19 heavy (non-hydrogen) atoms. The van der Waals surface area contributed by atoms with Crippen molar-refractivity contribution in [3.8, 4) is 0 Å². The number of amides is 1. The Balaban J connectivity index is 1.88. The molecule has 1 amide bonds. The van der Waals surface area contributed by atoms with E-state index in [2.05, 4.69) is 22.4 Å². The lowest BCUT2D eigenvalue weighted by molar-refractivity contribution is 0.0536. The number of carbonyl (C=O) groups is 1. The molecule has 2 rings (SSSR count). The van der Waals surface area contributed by atoms with Gasteiger partial charge in [-0.05, 0) is 25.2 Å². The van der Waals surface area contributed by atoms with Crippen LogP contribution in [0, 0.1) is 5.92 Å². The first kappa shape index (κ1) is 13.9. The Hall–Kier alpha value is -1.56. The molecule has 6 nitrogen and oxygen atoms in total. The van der Waals surface area contributed by atoms with Gasteiger partial charge >= 0.3 is 0 Å². The van der Waals surface area contributed by atoms with Crippen LogP contribution in [0.15, 0.2) is 0 Å². The highest BCUT2D eigenvalue weighted by Crippen LogP contribution is 2.16. The highest BCUT2D eigenvalue weighted by molar-refractivity contribution is 5.97. The number of aromatic amines is 1. The van der Waals surface area contributed by atoms with E-state index in [9.17, 15) is 4.79 Å². The number of aromatic nitrogens is 2. The average molecular weight is 266 g/mol. The number of rotatable bonds is 5. The van der Waals surface area contributed by atoms with Gasteiger partial charge in [-0.25, -0.2) is 0 Å². The Bertz CT molecular complexity index is 424. The van der Waals surface area contributed by atoms with Crippen molar-refractivity contribution in [3.05, 3.63) is 11.4 Å². The molecule has 1 aromatic rings. The zero-order valence-electron chi connectivity index (χ0n) is 11.4. The first-order chi connectivity index (χ1) is 9.22. The van der Waals surface area contributed by atoms with Gasteiger partial charge in [-0.1, -0.05) is 13.3 Å². The molecule has 1 fully saturated rings. The first-order valence-corrected chi connectivity index (χ1v) is 6.91. The second-order valence-electron chi connectivity index (χ2n) is 5.01. The summed E-state index contributed by atoms with van der Waals surface area (Å²) >= 11 is 0. The fourth-order valence-corrected chi connectivity index (χ4v) is 2.29. The lowest BCUT2D eigenvalue weighted by atomic mass is 10.0. The van der Waals surface area contributed by atoms with Crippen LogP contribution in [0.2, 0.25) is 0 Å². The van der Waals surface area contributed by atoms with E-state index in [4.69, 9.17) is 10.5 Å². The van der Waals surface area contributed by atoms with Gasteiger partial charge in [0.05, 0.1) is 18.0 Å². The Labute approximate surface area is 113 Å². The Kier molecular flexibility index (Phi) is 4.79. The fourth-order valence-electron chi connectivity index (χ4n) is 2.29. The van der Waals surface area contributed by atoms with Crippen LogP contribution in [-0.2, 0) is 11.2 Å². The molecular weight excluding hydrogens is 244 g/mol. The predicted molar refractivity (Wildman–Crippen MR) is 72.9 cm³/mol. The van der Waals surface area contributed by atoms with Crippen LogP contribution in [0.5, 0.6) is 0 Å². The van der Waals surface area contributed by atoms with Gasteiger partial charge in [0.25, 0.3) is 5.91 Å². The molecule has 6 heteroatoms. The van der Waals surface area contributed by atoms with Gasteiger partial charge < -0.3 is 15.8 Å². The third-order valence-electron chi connectivity index (χ3n) is 3.40. The summed E-state index contributed by atoms with van der Waals surface area (Å²) in [5, 5.41) is 9.72. The van der Waals surface area contributed by atoms with Crippen LogP contribution in [0.4, 0.5) is 5.69 Å². The summed E-state index contributed by atoms with van der Waals surface area (Å²) in [5.74, 6) is 0.189. The number of carbonyl (C=O) groups excluding carboxylic acids is 1. The quantitative estimate of drug-likeness (QED) is 0.744. The molecule has 1 aromatic heterocycles. The molecule has 0 bridgehead atoms. The standard InChI is InChI=1S/C13H22N4O2/c1-2-4-10-11(14)12(17-16-10)13(18)15-7-9-5-3-6-19-8-9/h9H,2-8,14H2,1H3,(H,15,18)(H,16,17). The number of nitrogen functional groups attached to an aromatic ring is 1. The minimum absolute atomic E-state index is 0.207. The molecule has 0 spiro atoms. The number of nitrogens with zero attached hydrogens (tertiary/aromatic N) is 1. The van der Waals surface area contributed by atoms with Crippen molar-refractivity contribution in [2.75, 3.05) is 25.5 Å². The normalized spacial score (nSPS) is 19.3. The molecule has 1 unspecified atom stereocenters. The van der Waals surface area contributed by atoms with Crippen molar-refractivity contribution in [3.63, 3.8) is 0 Å². The van der Waals surface area contributed by atoms with Gasteiger partial charge in [0.1, 0.15) is 0 Å². The van der Waals surface area contributed by atoms with Crippen molar-refractivity contribution in [1.29, 1.82) is 0 Å². The van der Waals surface area contributed by atoms with Crippen molar-refractivity contribution < 1.29 is 9.53 Å². The molecule has 0 aliphatic carbocycles. The molecular formula is C13H22N4O2. The van der Waals surface area contributed by atoms with Gasteiger partial charge in [0, 0.05) is 13.2 Å². The molecule has 1 aliphatic heterocycles. The molecule has 2 heterocycles. The van der Waals surface area contributed by atoms with E-state index in [1.54, 1.807) is 0 Å².